The molecule has 1 saturated carbocycles. The highest BCUT2D eigenvalue weighted by Crippen LogP contribution is 2.40. The molecule has 0 aromatic rings. The van der Waals surface area contributed by atoms with Gasteiger partial charge in [0.1, 0.15) is 0 Å². The van der Waals surface area contributed by atoms with E-state index in [9.17, 15) is 4.79 Å². The van der Waals surface area contributed by atoms with E-state index >= 15 is 0 Å². The summed E-state index contributed by atoms with van der Waals surface area (Å²) >= 11 is 0. The Labute approximate surface area is 79.0 Å². The summed E-state index contributed by atoms with van der Waals surface area (Å²) in [5.41, 5.74) is 0.437. The third-order valence-corrected chi connectivity index (χ3v) is 2.69. The lowest BCUT2D eigenvalue weighted by Crippen LogP contribution is -2.31. The number of hydrogen-bond donors (Lipinski definition) is 1. The third kappa shape index (κ3) is 1.90. The summed E-state index contributed by atoms with van der Waals surface area (Å²) in [5.74, 6) is -0.539. The maximum Gasteiger partial charge on any atom is 0.315 e. The van der Waals surface area contributed by atoms with Crippen LogP contribution in [0.3, 0.4) is 0 Å². The van der Waals surface area contributed by atoms with Gasteiger partial charge in [0, 0.05) is 5.71 Å². The molecule has 1 rings (SSSR count). The first kappa shape index (κ1) is 10.2. The quantitative estimate of drug-likeness (QED) is 0.666. The summed E-state index contributed by atoms with van der Waals surface area (Å²) in [6, 6.07) is 0. The van der Waals surface area contributed by atoms with E-state index < -0.39 is 0 Å². The number of nitrogens with one attached hydrogen (secondary N) is 1. The van der Waals surface area contributed by atoms with Gasteiger partial charge in [0.25, 0.3) is 0 Å². The van der Waals surface area contributed by atoms with Gasteiger partial charge in [-0.15, -0.1) is 0 Å². The van der Waals surface area contributed by atoms with Gasteiger partial charge in [-0.2, -0.15) is 0 Å². The Kier molecular flexibility index (Phi) is 2.74. The first-order valence-corrected chi connectivity index (χ1v) is 4.73. The van der Waals surface area contributed by atoms with Crippen molar-refractivity contribution in [2.75, 3.05) is 6.61 Å². The molecule has 0 amide bonds. The zero-order valence-electron chi connectivity index (χ0n) is 8.52. The van der Waals surface area contributed by atoms with E-state index in [1.54, 1.807) is 6.92 Å². The molecular formula is C10H17NO2. The minimum atomic E-state index is -0.313. The van der Waals surface area contributed by atoms with Gasteiger partial charge in [0.2, 0.25) is 0 Å². The summed E-state index contributed by atoms with van der Waals surface area (Å²) in [6.07, 6.45) is 1.64. The van der Waals surface area contributed by atoms with Gasteiger partial charge < -0.3 is 10.1 Å². The third-order valence-electron chi connectivity index (χ3n) is 2.69. The van der Waals surface area contributed by atoms with Gasteiger partial charge in [0.05, 0.1) is 12.5 Å². The molecule has 1 N–H and O–H groups in total. The Bertz CT molecular complexity index is 233. The van der Waals surface area contributed by atoms with Gasteiger partial charge in [-0.05, 0) is 25.2 Å². The number of hydrogen-bond acceptors (Lipinski definition) is 3. The summed E-state index contributed by atoms with van der Waals surface area (Å²) in [7, 11) is 0. The van der Waals surface area contributed by atoms with Crippen LogP contribution in [0.1, 0.15) is 33.6 Å². The van der Waals surface area contributed by atoms with Crippen molar-refractivity contribution in [3.05, 3.63) is 0 Å². The Morgan fingerprint density at radius 3 is 2.69 bits per heavy atom. The molecule has 0 aromatic carbocycles. The van der Waals surface area contributed by atoms with E-state index in [0.717, 1.165) is 12.8 Å². The van der Waals surface area contributed by atoms with E-state index in [-0.39, 0.29) is 17.3 Å². The van der Waals surface area contributed by atoms with Crippen LogP contribution in [0.4, 0.5) is 0 Å². The molecular weight excluding hydrogens is 166 g/mol. The largest absolute Gasteiger partial charge is 0.465 e. The second kappa shape index (κ2) is 3.48. The van der Waals surface area contributed by atoms with Crippen LogP contribution in [-0.4, -0.2) is 18.3 Å². The molecule has 0 heterocycles. The predicted molar refractivity (Wildman–Crippen MR) is 50.9 cm³/mol. The fourth-order valence-corrected chi connectivity index (χ4v) is 1.90. The highest BCUT2D eigenvalue weighted by molar-refractivity contribution is 6.03. The second-order valence-electron chi connectivity index (χ2n) is 4.20. The van der Waals surface area contributed by atoms with E-state index in [1.807, 2.05) is 13.8 Å². The van der Waals surface area contributed by atoms with Crippen LogP contribution >= 0.6 is 0 Å². The Balaban J connectivity index is 2.76. The second-order valence-corrected chi connectivity index (χ2v) is 4.20. The topological polar surface area (TPSA) is 50.2 Å². The van der Waals surface area contributed by atoms with Crippen molar-refractivity contribution in [1.29, 1.82) is 5.41 Å². The van der Waals surface area contributed by atoms with Crippen molar-refractivity contribution in [1.82, 2.24) is 0 Å². The lowest BCUT2D eigenvalue weighted by atomic mass is 9.81. The Morgan fingerprint density at radius 2 is 2.31 bits per heavy atom. The average Bonchev–Trinajstić information content (AvgIpc) is 2.26. The van der Waals surface area contributed by atoms with E-state index in [2.05, 4.69) is 0 Å². The van der Waals surface area contributed by atoms with Crippen molar-refractivity contribution in [3.63, 3.8) is 0 Å². The summed E-state index contributed by atoms with van der Waals surface area (Å²) in [5, 5.41) is 7.67. The smallest absolute Gasteiger partial charge is 0.315 e. The fourth-order valence-electron chi connectivity index (χ4n) is 1.90. The number of carbonyl (C=O) groups is 1. The van der Waals surface area contributed by atoms with Crippen molar-refractivity contribution >= 4 is 11.7 Å². The van der Waals surface area contributed by atoms with Crippen molar-refractivity contribution in [2.24, 2.45) is 11.3 Å². The molecule has 3 nitrogen and oxygen atoms in total. The normalized spacial score (nSPS) is 26.1. The summed E-state index contributed by atoms with van der Waals surface area (Å²) in [4.78, 5) is 11.5. The highest BCUT2D eigenvalue weighted by Gasteiger charge is 2.44. The van der Waals surface area contributed by atoms with Crippen molar-refractivity contribution < 1.29 is 9.53 Å². The minimum Gasteiger partial charge on any atom is -0.465 e. The van der Waals surface area contributed by atoms with Crippen LogP contribution in [0.25, 0.3) is 0 Å². The zero-order chi connectivity index (χ0) is 10.1. The van der Waals surface area contributed by atoms with Gasteiger partial charge in [-0.25, -0.2) is 0 Å². The fraction of sp³-hybridized carbons (Fsp3) is 0.800. The number of esters is 1. The Morgan fingerprint density at radius 1 is 1.69 bits per heavy atom. The molecule has 1 unspecified atom stereocenters. The first-order valence-electron chi connectivity index (χ1n) is 4.73. The molecule has 74 valence electrons. The van der Waals surface area contributed by atoms with Gasteiger partial charge in [0.15, 0.2) is 0 Å². The molecule has 1 atom stereocenters. The molecule has 0 bridgehead atoms. The van der Waals surface area contributed by atoms with Crippen LogP contribution in [-0.2, 0) is 9.53 Å². The Hall–Kier alpha value is -0.860. The highest BCUT2D eigenvalue weighted by atomic mass is 16.5. The zero-order valence-corrected chi connectivity index (χ0v) is 8.52. The molecule has 1 aliphatic carbocycles. The first-order chi connectivity index (χ1) is 5.99. The number of rotatable bonds is 2. The van der Waals surface area contributed by atoms with Crippen molar-refractivity contribution in [3.8, 4) is 0 Å². The standard InChI is InChI=1S/C10H17NO2/c1-4-13-9(12)8-7(11)5-6-10(8,2)3/h8,11H,4-6H2,1-3H3. The van der Waals surface area contributed by atoms with Crippen LogP contribution in [0, 0.1) is 16.7 Å². The van der Waals surface area contributed by atoms with E-state index in [1.165, 1.54) is 0 Å². The molecule has 0 radical (unpaired) electrons. The molecule has 3 heteroatoms. The molecule has 0 saturated heterocycles. The molecule has 1 aliphatic rings. The van der Waals surface area contributed by atoms with Crippen LogP contribution in [0.5, 0.6) is 0 Å². The van der Waals surface area contributed by atoms with E-state index in [0.29, 0.717) is 12.3 Å². The molecule has 13 heavy (non-hydrogen) atoms. The monoisotopic (exact) mass is 183 g/mol. The van der Waals surface area contributed by atoms with Gasteiger partial charge in [-0.1, -0.05) is 13.8 Å². The summed E-state index contributed by atoms with van der Waals surface area (Å²) < 4.78 is 4.95. The number of carbonyl (C=O) groups excluding carboxylic acids is 1. The maximum atomic E-state index is 11.5. The predicted octanol–water partition coefficient (Wildman–Crippen LogP) is 2.01. The minimum absolute atomic E-state index is 0.0939. The van der Waals surface area contributed by atoms with Crippen LogP contribution in [0.15, 0.2) is 0 Å². The molecule has 0 spiro atoms. The maximum absolute atomic E-state index is 11.5. The SMILES string of the molecule is CCOC(=O)C1C(=N)CCC1(C)C. The molecule has 0 aromatic heterocycles. The van der Waals surface area contributed by atoms with Gasteiger partial charge in [-0.3, -0.25) is 4.79 Å². The van der Waals surface area contributed by atoms with E-state index in [4.69, 9.17) is 10.1 Å². The van der Waals surface area contributed by atoms with Crippen LogP contribution in [0.2, 0.25) is 0 Å². The summed E-state index contributed by atoms with van der Waals surface area (Å²) in [6.45, 7) is 6.24. The average molecular weight is 183 g/mol. The van der Waals surface area contributed by atoms with Crippen LogP contribution < -0.4 is 0 Å². The lowest BCUT2D eigenvalue weighted by Gasteiger charge is -2.24. The van der Waals surface area contributed by atoms with Crippen molar-refractivity contribution in [2.45, 2.75) is 33.6 Å². The number of ether oxygens (including phenoxy) is 1. The molecule has 1 fully saturated rings. The molecule has 0 aliphatic heterocycles. The lowest BCUT2D eigenvalue weighted by molar-refractivity contribution is -0.148. The van der Waals surface area contributed by atoms with Gasteiger partial charge >= 0.3 is 5.97 Å².